The number of aliphatic hydroxyl groups excluding tert-OH is 2. The fourth-order valence-corrected chi connectivity index (χ4v) is 9.86. The Bertz CT molecular complexity index is 937. The van der Waals surface area contributed by atoms with Crippen molar-refractivity contribution in [2.45, 2.75) is 86.8 Å². The molecule has 0 radical (unpaired) electrons. The molecule has 47 heavy (non-hydrogen) atoms. The van der Waals surface area contributed by atoms with E-state index < -0.39 is 29.3 Å². The van der Waals surface area contributed by atoms with Crippen LogP contribution >= 0.6 is 54.8 Å². The van der Waals surface area contributed by atoms with Crippen molar-refractivity contribution in [3.63, 3.8) is 0 Å². The standard InChI is InChI=1S/C17H25NO5S2.C11H21NO3S2.C3H3ClO/c1-3-16(20)22-11-13(12-23-17(21)4-2)18-15(19)8-6-5-7-14-9-10-24-25-14;13-7-9(8-14)12-11(15)4-2-1-3-10-5-6-16-17-10;1-2-3(4)5/h3-4,13-14H,1-2,5-12H2,(H,18,19);9-10,13-14H,1-8H2,(H,12,15);2H,1H2. The summed E-state index contributed by atoms with van der Waals surface area (Å²) in [5, 5.41) is 23.9. The monoisotopic (exact) mass is 756 g/mol. The van der Waals surface area contributed by atoms with Crippen molar-refractivity contribution in [2.24, 2.45) is 0 Å². The van der Waals surface area contributed by atoms with E-state index in [1.807, 2.05) is 43.2 Å². The van der Waals surface area contributed by atoms with Crippen LogP contribution in [0.2, 0.25) is 0 Å². The van der Waals surface area contributed by atoms with Crippen LogP contribution in [0.3, 0.4) is 0 Å². The van der Waals surface area contributed by atoms with Crippen LogP contribution in [0.4, 0.5) is 0 Å². The van der Waals surface area contributed by atoms with E-state index in [4.69, 9.17) is 31.3 Å². The Morgan fingerprint density at radius 1 is 0.723 bits per heavy atom. The van der Waals surface area contributed by atoms with Gasteiger partial charge in [0.15, 0.2) is 0 Å². The largest absolute Gasteiger partial charge is 0.460 e. The van der Waals surface area contributed by atoms with Gasteiger partial charge in [-0.1, -0.05) is 75.8 Å². The minimum atomic E-state index is -0.596. The molecule has 0 spiro atoms. The van der Waals surface area contributed by atoms with Crippen LogP contribution in [0.15, 0.2) is 38.0 Å². The number of hydrogen-bond donors (Lipinski definition) is 4. The molecule has 2 unspecified atom stereocenters. The molecule has 0 aromatic carbocycles. The summed E-state index contributed by atoms with van der Waals surface area (Å²) in [6, 6.07) is -1.11. The fraction of sp³-hybridized carbons (Fsp3) is 0.645. The molecule has 0 aromatic heterocycles. The van der Waals surface area contributed by atoms with Gasteiger partial charge in [0.2, 0.25) is 17.1 Å². The van der Waals surface area contributed by atoms with Gasteiger partial charge >= 0.3 is 11.9 Å². The Morgan fingerprint density at radius 3 is 1.45 bits per heavy atom. The van der Waals surface area contributed by atoms with Crippen LogP contribution in [-0.4, -0.2) is 99.7 Å². The van der Waals surface area contributed by atoms with Crippen molar-refractivity contribution < 1.29 is 43.7 Å². The first kappa shape index (κ1) is 45.4. The second kappa shape index (κ2) is 30.4. The molecular weight excluding hydrogens is 708 g/mol. The maximum Gasteiger partial charge on any atom is 0.330 e. The number of esters is 2. The molecule has 2 saturated heterocycles. The molecule has 2 atom stereocenters. The summed E-state index contributed by atoms with van der Waals surface area (Å²) in [7, 11) is 7.76. The highest BCUT2D eigenvalue weighted by molar-refractivity contribution is 8.77. The van der Waals surface area contributed by atoms with Crippen LogP contribution in [0.5, 0.6) is 0 Å². The van der Waals surface area contributed by atoms with Gasteiger partial charge in [0, 0.05) is 47.0 Å². The molecule has 2 aliphatic rings. The number of carbonyl (C=O) groups is 5. The van der Waals surface area contributed by atoms with Crippen LogP contribution in [-0.2, 0) is 33.4 Å². The molecule has 0 aromatic rings. The Hall–Kier alpha value is -1.62. The highest BCUT2D eigenvalue weighted by Crippen LogP contribution is 2.40. The molecule has 2 heterocycles. The Kier molecular flexibility index (Phi) is 29.4. The van der Waals surface area contributed by atoms with Crippen LogP contribution < -0.4 is 10.6 Å². The van der Waals surface area contributed by atoms with E-state index in [2.05, 4.69) is 30.4 Å². The first-order valence-electron chi connectivity index (χ1n) is 15.4. The number of rotatable bonds is 21. The Morgan fingerprint density at radius 2 is 1.13 bits per heavy atom. The molecule has 4 N–H and O–H groups in total. The fourth-order valence-electron chi connectivity index (χ4n) is 3.81. The van der Waals surface area contributed by atoms with E-state index in [0.29, 0.717) is 18.1 Å². The van der Waals surface area contributed by atoms with E-state index in [1.165, 1.54) is 30.8 Å². The van der Waals surface area contributed by atoms with Gasteiger partial charge in [0.1, 0.15) is 13.2 Å². The van der Waals surface area contributed by atoms with Crippen molar-refractivity contribution in [1.29, 1.82) is 0 Å². The lowest BCUT2D eigenvalue weighted by Gasteiger charge is -2.18. The van der Waals surface area contributed by atoms with E-state index in [0.717, 1.165) is 55.6 Å². The maximum atomic E-state index is 12.0. The molecule has 268 valence electrons. The summed E-state index contributed by atoms with van der Waals surface area (Å²) >= 11 is 4.71. The van der Waals surface area contributed by atoms with Gasteiger partial charge in [-0.25, -0.2) is 9.59 Å². The summed E-state index contributed by atoms with van der Waals surface area (Å²) in [5.74, 6) is 1.05. The molecule has 0 saturated carbocycles. The third kappa shape index (κ3) is 27.0. The third-order valence-corrected chi connectivity index (χ3v) is 12.5. The number of halogens is 1. The average Bonchev–Trinajstić information content (AvgIpc) is 3.80. The molecule has 16 heteroatoms. The lowest BCUT2D eigenvalue weighted by Crippen LogP contribution is -2.42. The van der Waals surface area contributed by atoms with Gasteiger partial charge in [-0.05, 0) is 56.2 Å². The summed E-state index contributed by atoms with van der Waals surface area (Å²) in [5.41, 5.74) is 0. The zero-order valence-electron chi connectivity index (χ0n) is 26.7. The zero-order valence-corrected chi connectivity index (χ0v) is 30.8. The summed E-state index contributed by atoms with van der Waals surface area (Å²) in [6.45, 7) is 9.10. The zero-order chi connectivity index (χ0) is 35.3. The normalized spacial score (nSPS) is 16.5. The summed E-state index contributed by atoms with van der Waals surface area (Å²) in [6.07, 6.45) is 12.6. The molecule has 11 nitrogen and oxygen atoms in total. The number of nitrogens with one attached hydrogen (secondary N) is 2. The molecule has 0 aliphatic carbocycles. The number of unbranched alkanes of at least 4 members (excludes halogenated alkanes) is 2. The molecule has 2 fully saturated rings. The molecule has 2 aliphatic heterocycles. The van der Waals surface area contributed by atoms with E-state index in [9.17, 15) is 24.0 Å². The Balaban J connectivity index is 0.000000827. The lowest BCUT2D eigenvalue weighted by atomic mass is 10.1. The first-order valence-corrected chi connectivity index (χ1v) is 20.5. The predicted molar refractivity (Wildman–Crippen MR) is 195 cm³/mol. The predicted octanol–water partition coefficient (Wildman–Crippen LogP) is 4.75. The number of amides is 2. The first-order chi connectivity index (χ1) is 22.6. The van der Waals surface area contributed by atoms with Gasteiger partial charge in [-0.3, -0.25) is 14.4 Å². The van der Waals surface area contributed by atoms with Crippen molar-refractivity contribution >= 4 is 83.8 Å². The Labute approximate surface area is 299 Å². The molecule has 0 bridgehead atoms. The topological polar surface area (TPSA) is 168 Å². The average molecular weight is 757 g/mol. The highest BCUT2D eigenvalue weighted by Gasteiger charge is 2.19. The van der Waals surface area contributed by atoms with Crippen LogP contribution in [0.25, 0.3) is 0 Å². The van der Waals surface area contributed by atoms with Crippen molar-refractivity contribution in [2.75, 3.05) is 37.9 Å². The van der Waals surface area contributed by atoms with Gasteiger partial charge < -0.3 is 30.3 Å². The maximum absolute atomic E-state index is 12.0. The number of hydrogen-bond acceptors (Lipinski definition) is 13. The molecule has 2 rings (SSSR count). The van der Waals surface area contributed by atoms with Crippen molar-refractivity contribution in [1.82, 2.24) is 10.6 Å². The van der Waals surface area contributed by atoms with E-state index >= 15 is 0 Å². The van der Waals surface area contributed by atoms with Crippen LogP contribution in [0.1, 0.15) is 64.2 Å². The lowest BCUT2D eigenvalue weighted by molar-refractivity contribution is -0.143. The highest BCUT2D eigenvalue weighted by atomic mass is 35.5. The van der Waals surface area contributed by atoms with E-state index in [1.54, 1.807) is 0 Å². The van der Waals surface area contributed by atoms with E-state index in [-0.39, 0.29) is 38.2 Å². The van der Waals surface area contributed by atoms with Gasteiger partial charge in [-0.2, -0.15) is 0 Å². The van der Waals surface area contributed by atoms with Gasteiger partial charge in [0.05, 0.1) is 25.3 Å². The van der Waals surface area contributed by atoms with Crippen molar-refractivity contribution in [3.05, 3.63) is 38.0 Å². The van der Waals surface area contributed by atoms with Crippen molar-refractivity contribution in [3.8, 4) is 0 Å². The third-order valence-electron chi connectivity index (χ3n) is 6.33. The summed E-state index contributed by atoms with van der Waals surface area (Å²) in [4.78, 5) is 55.2. The smallest absolute Gasteiger partial charge is 0.330 e. The number of allylic oxidation sites excluding steroid dienone is 1. The second-order valence-corrected chi connectivity index (χ2v) is 16.2. The summed E-state index contributed by atoms with van der Waals surface area (Å²) < 4.78 is 9.84. The molecular formula is C31H49ClN2O9S4. The number of ether oxygens (including phenoxy) is 2. The van der Waals surface area contributed by atoms with Crippen LogP contribution in [0, 0.1) is 0 Å². The quantitative estimate of drug-likeness (QED) is 0.0417. The SMILES string of the molecule is C=CC(=O)Cl.C=CC(=O)OCC(COC(=O)C=C)NC(=O)CCCCC1CCSS1.O=C(CCCCC1CCSS1)NC(CO)CO. The number of carbonyl (C=O) groups excluding carboxylic acids is 5. The van der Waals surface area contributed by atoms with Gasteiger partial charge in [-0.15, -0.1) is 0 Å². The minimum absolute atomic E-state index is 0.0773. The molecule has 2 amide bonds. The minimum Gasteiger partial charge on any atom is -0.460 e. The second-order valence-electron chi connectivity index (χ2n) is 10.2. The number of aliphatic hydroxyl groups is 2. The van der Waals surface area contributed by atoms with Gasteiger partial charge in [0.25, 0.3) is 0 Å².